The van der Waals surface area contributed by atoms with Crippen LogP contribution < -0.4 is 5.46 Å². The molecule has 1 aromatic heterocycles. The van der Waals surface area contributed by atoms with Crippen molar-refractivity contribution in [3.8, 4) is 28.6 Å². The molecule has 3 aromatic rings. The number of benzene rings is 2. The zero-order valence-electron chi connectivity index (χ0n) is 10.7. The molecule has 20 heavy (non-hydrogen) atoms. The van der Waals surface area contributed by atoms with Crippen molar-refractivity contribution in [1.29, 1.82) is 0 Å². The highest BCUT2D eigenvalue weighted by atomic mass is 19.1. The van der Waals surface area contributed by atoms with Crippen molar-refractivity contribution in [2.45, 2.75) is 0 Å². The maximum Gasteiger partial charge on any atom is 0.261 e. The lowest BCUT2D eigenvalue weighted by molar-refractivity contribution is 0.426. The Morgan fingerprint density at radius 1 is 1.10 bits per heavy atom. The van der Waals surface area contributed by atoms with Gasteiger partial charge in [0.1, 0.15) is 19.4 Å². The van der Waals surface area contributed by atoms with Crippen LogP contribution in [-0.2, 0) is 0 Å². The third kappa shape index (κ3) is 2.27. The van der Waals surface area contributed by atoms with E-state index in [0.29, 0.717) is 17.0 Å². The van der Waals surface area contributed by atoms with Crippen molar-refractivity contribution in [3.63, 3.8) is 0 Å². The number of hydrogen-bond acceptors (Lipinski definition) is 4. The molecule has 3 rings (SSSR count). The van der Waals surface area contributed by atoms with Gasteiger partial charge in [-0.15, -0.1) is 0 Å². The summed E-state index contributed by atoms with van der Waals surface area (Å²) < 4.78 is 18.0. The topological polar surface area (TPSA) is 59.2 Å². The van der Waals surface area contributed by atoms with Gasteiger partial charge in [0.2, 0.25) is 5.82 Å². The minimum atomic E-state index is -0.325. The molecule has 2 aromatic carbocycles. The first-order chi connectivity index (χ1) is 9.63. The van der Waals surface area contributed by atoms with E-state index in [0.717, 1.165) is 5.46 Å². The van der Waals surface area contributed by atoms with E-state index < -0.39 is 0 Å². The molecule has 0 amide bonds. The van der Waals surface area contributed by atoms with Gasteiger partial charge < -0.3 is 9.63 Å². The van der Waals surface area contributed by atoms with E-state index in [4.69, 9.17) is 4.52 Å². The first kappa shape index (κ1) is 12.4. The van der Waals surface area contributed by atoms with Crippen LogP contribution in [0, 0.1) is 5.82 Å². The average molecular weight is 268 g/mol. The molecule has 0 aliphatic heterocycles. The molecule has 0 fully saturated rings. The molecule has 1 heterocycles. The maximum absolute atomic E-state index is 12.9. The lowest BCUT2D eigenvalue weighted by Gasteiger charge is -2.00. The number of phenolic OH excluding ortho intramolecular Hbond substituents is 1. The normalized spacial score (nSPS) is 10.7. The quantitative estimate of drug-likeness (QED) is 0.715. The molecule has 0 unspecified atom stereocenters. The van der Waals surface area contributed by atoms with E-state index in [-0.39, 0.29) is 17.5 Å². The van der Waals surface area contributed by atoms with Crippen LogP contribution in [0.2, 0.25) is 0 Å². The lowest BCUT2D eigenvalue weighted by Crippen LogP contribution is -2.00. The first-order valence-corrected chi connectivity index (χ1v) is 6.03. The van der Waals surface area contributed by atoms with Crippen LogP contribution in [0.5, 0.6) is 5.75 Å². The molecule has 4 nitrogen and oxygen atoms in total. The molecule has 0 aliphatic rings. The highest BCUT2D eigenvalue weighted by Crippen LogP contribution is 2.28. The van der Waals surface area contributed by atoms with E-state index in [9.17, 15) is 9.50 Å². The van der Waals surface area contributed by atoms with Gasteiger partial charge in [-0.1, -0.05) is 22.8 Å². The van der Waals surface area contributed by atoms with E-state index in [1.54, 1.807) is 30.3 Å². The molecule has 0 spiro atoms. The standard InChI is InChI=1S/C14H10BFN2O2/c15-9-3-6-12(19)11(7-9)14-17-13(18-20-14)8-1-4-10(16)5-2-8/h1-7,19H,15H2. The van der Waals surface area contributed by atoms with Gasteiger partial charge in [-0.3, -0.25) is 0 Å². The van der Waals surface area contributed by atoms with Gasteiger partial charge in [-0.05, 0) is 30.3 Å². The first-order valence-electron chi connectivity index (χ1n) is 6.03. The van der Waals surface area contributed by atoms with Gasteiger partial charge in [-0.2, -0.15) is 4.98 Å². The Labute approximate surface area is 115 Å². The lowest BCUT2D eigenvalue weighted by atomic mass is 9.94. The summed E-state index contributed by atoms with van der Waals surface area (Å²) in [5.74, 6) is 0.324. The Balaban J connectivity index is 2.01. The molecule has 0 atom stereocenters. The largest absolute Gasteiger partial charge is 0.507 e. The minimum Gasteiger partial charge on any atom is -0.507 e. The summed E-state index contributed by atoms with van der Waals surface area (Å²) >= 11 is 0. The van der Waals surface area contributed by atoms with Crippen molar-refractivity contribution in [1.82, 2.24) is 10.1 Å². The predicted octanol–water partition coefficient (Wildman–Crippen LogP) is 1.51. The summed E-state index contributed by atoms with van der Waals surface area (Å²) in [7, 11) is 1.90. The molecule has 0 saturated heterocycles. The van der Waals surface area contributed by atoms with E-state index >= 15 is 0 Å². The van der Waals surface area contributed by atoms with Crippen LogP contribution in [0.4, 0.5) is 4.39 Å². The van der Waals surface area contributed by atoms with Crippen LogP contribution in [0.1, 0.15) is 0 Å². The van der Waals surface area contributed by atoms with E-state index in [1.807, 2.05) is 7.85 Å². The molecule has 0 radical (unpaired) electrons. The second kappa shape index (κ2) is 4.81. The van der Waals surface area contributed by atoms with Gasteiger partial charge >= 0.3 is 0 Å². The van der Waals surface area contributed by atoms with E-state index in [1.165, 1.54) is 12.1 Å². The molecule has 6 heteroatoms. The Kier molecular flexibility index (Phi) is 2.98. The SMILES string of the molecule is Bc1ccc(O)c(-c2nc(-c3ccc(F)cc3)no2)c1. The fourth-order valence-electron chi connectivity index (χ4n) is 1.87. The summed E-state index contributed by atoms with van der Waals surface area (Å²) in [5.41, 5.74) is 2.10. The van der Waals surface area contributed by atoms with E-state index in [2.05, 4.69) is 10.1 Å². The Hall–Kier alpha value is -2.63. The maximum atomic E-state index is 12.9. The molecule has 0 saturated carbocycles. The summed E-state index contributed by atoms with van der Waals surface area (Å²) in [5, 5.41) is 13.7. The zero-order valence-corrected chi connectivity index (χ0v) is 10.7. The number of nitrogens with zero attached hydrogens (tertiary/aromatic N) is 2. The Bertz CT molecular complexity index is 756. The van der Waals surface area contributed by atoms with Gasteiger partial charge in [0.15, 0.2) is 0 Å². The van der Waals surface area contributed by atoms with Gasteiger partial charge in [0.25, 0.3) is 5.89 Å². The highest BCUT2D eigenvalue weighted by molar-refractivity contribution is 6.32. The average Bonchev–Trinajstić information content (AvgIpc) is 2.92. The molecule has 1 N–H and O–H groups in total. The number of aromatic nitrogens is 2. The molecular formula is C14H10BFN2O2. The van der Waals surface area contributed by atoms with Crippen LogP contribution in [-0.4, -0.2) is 23.1 Å². The van der Waals surface area contributed by atoms with Crippen molar-refractivity contribution < 1.29 is 14.0 Å². The second-order valence-corrected chi connectivity index (χ2v) is 4.45. The van der Waals surface area contributed by atoms with Crippen molar-refractivity contribution in [2.24, 2.45) is 0 Å². The van der Waals surface area contributed by atoms with Gasteiger partial charge in [0.05, 0.1) is 5.56 Å². The second-order valence-electron chi connectivity index (χ2n) is 4.45. The van der Waals surface area contributed by atoms with Crippen molar-refractivity contribution in [2.75, 3.05) is 0 Å². The van der Waals surface area contributed by atoms with Crippen LogP contribution in [0.15, 0.2) is 47.0 Å². The predicted molar refractivity (Wildman–Crippen MR) is 75.0 cm³/mol. The molecule has 0 bridgehead atoms. The third-order valence-electron chi connectivity index (χ3n) is 2.91. The molecule has 98 valence electrons. The number of aromatic hydroxyl groups is 1. The number of rotatable bonds is 2. The van der Waals surface area contributed by atoms with Crippen molar-refractivity contribution in [3.05, 3.63) is 48.3 Å². The summed E-state index contributed by atoms with van der Waals surface area (Å²) in [6.07, 6.45) is 0. The summed E-state index contributed by atoms with van der Waals surface area (Å²) in [6, 6.07) is 10.9. The Morgan fingerprint density at radius 2 is 1.85 bits per heavy atom. The molecule has 0 aliphatic carbocycles. The van der Waals surface area contributed by atoms with Gasteiger partial charge in [-0.25, -0.2) is 4.39 Å². The Morgan fingerprint density at radius 3 is 2.60 bits per heavy atom. The monoisotopic (exact) mass is 268 g/mol. The van der Waals surface area contributed by atoms with Crippen LogP contribution >= 0.6 is 0 Å². The number of phenols is 1. The summed E-state index contributed by atoms with van der Waals surface area (Å²) in [6.45, 7) is 0. The van der Waals surface area contributed by atoms with Gasteiger partial charge in [0, 0.05) is 5.56 Å². The fraction of sp³-hybridized carbons (Fsp3) is 0. The molecular weight excluding hydrogens is 258 g/mol. The van der Waals surface area contributed by atoms with Crippen LogP contribution in [0.25, 0.3) is 22.8 Å². The van der Waals surface area contributed by atoms with Crippen molar-refractivity contribution >= 4 is 13.3 Å². The third-order valence-corrected chi connectivity index (χ3v) is 2.91. The smallest absolute Gasteiger partial charge is 0.261 e. The number of halogens is 1. The minimum absolute atomic E-state index is 0.0740. The highest BCUT2D eigenvalue weighted by Gasteiger charge is 2.14. The zero-order chi connectivity index (χ0) is 14.1. The van der Waals surface area contributed by atoms with Crippen LogP contribution in [0.3, 0.4) is 0 Å². The number of hydrogen-bond donors (Lipinski definition) is 1. The fourth-order valence-corrected chi connectivity index (χ4v) is 1.87. The summed E-state index contributed by atoms with van der Waals surface area (Å²) in [4.78, 5) is 4.22.